The second-order valence-electron chi connectivity index (χ2n) is 5.32. The zero-order chi connectivity index (χ0) is 13.2. The van der Waals surface area contributed by atoms with Crippen LogP contribution in [0.25, 0.3) is 0 Å². The largest absolute Gasteiger partial charge is 0.351 e. The molecule has 1 aromatic carbocycles. The Kier molecular flexibility index (Phi) is 4.49. The van der Waals surface area contributed by atoms with Gasteiger partial charge in [0.1, 0.15) is 0 Å². The van der Waals surface area contributed by atoms with Crippen LogP contribution < -0.4 is 5.32 Å². The highest BCUT2D eigenvalue weighted by atomic mass is 79.9. The maximum atomic E-state index is 12.1. The van der Waals surface area contributed by atoms with E-state index in [1.54, 1.807) is 0 Å². The fourth-order valence-corrected chi connectivity index (χ4v) is 3.69. The predicted molar refractivity (Wildman–Crippen MR) is 80.8 cm³/mol. The molecule has 1 aromatic rings. The second kappa shape index (κ2) is 5.74. The van der Waals surface area contributed by atoms with E-state index in [0.29, 0.717) is 5.56 Å². The number of halogens is 2. The molecular weight excluding hydrogens is 358 g/mol. The highest BCUT2D eigenvalue weighted by Crippen LogP contribution is 2.36. The summed E-state index contributed by atoms with van der Waals surface area (Å²) in [6.45, 7) is 3.03. The number of carbonyl (C=O) groups excluding carboxylic acids is 1. The summed E-state index contributed by atoms with van der Waals surface area (Å²) in [6, 6.07) is 5.61. The van der Waals surface area contributed by atoms with Crippen molar-refractivity contribution in [2.24, 2.45) is 5.41 Å². The normalized spacial score (nSPS) is 17.7. The summed E-state index contributed by atoms with van der Waals surface area (Å²) in [5.41, 5.74) is 0.983. The Hall–Kier alpha value is -0.350. The first-order valence-electron chi connectivity index (χ1n) is 6.23. The van der Waals surface area contributed by atoms with E-state index in [9.17, 15) is 4.79 Å². The lowest BCUT2D eigenvalue weighted by Crippen LogP contribution is -2.34. The van der Waals surface area contributed by atoms with Crippen molar-refractivity contribution < 1.29 is 4.79 Å². The van der Waals surface area contributed by atoms with E-state index in [2.05, 4.69) is 44.1 Å². The van der Waals surface area contributed by atoms with Crippen molar-refractivity contribution in [2.75, 3.05) is 6.54 Å². The van der Waals surface area contributed by atoms with Crippen LogP contribution in [0.3, 0.4) is 0 Å². The van der Waals surface area contributed by atoms with Crippen LogP contribution in [-0.4, -0.2) is 12.5 Å². The number of amides is 1. The SMILES string of the molecule is CC1(CNC(=O)c2ccc(Br)cc2Br)CCCC1. The van der Waals surface area contributed by atoms with E-state index in [0.717, 1.165) is 15.5 Å². The Morgan fingerprint density at radius 3 is 2.61 bits per heavy atom. The third-order valence-corrected chi connectivity index (χ3v) is 4.81. The Bertz CT molecular complexity index is 453. The number of hydrogen-bond acceptors (Lipinski definition) is 1. The quantitative estimate of drug-likeness (QED) is 0.827. The van der Waals surface area contributed by atoms with Crippen LogP contribution in [0.5, 0.6) is 0 Å². The van der Waals surface area contributed by atoms with Gasteiger partial charge in [0.15, 0.2) is 0 Å². The zero-order valence-corrected chi connectivity index (χ0v) is 13.6. The molecule has 4 heteroatoms. The number of hydrogen-bond donors (Lipinski definition) is 1. The number of carbonyl (C=O) groups is 1. The molecule has 0 atom stereocenters. The molecule has 0 spiro atoms. The predicted octanol–water partition coefficient (Wildman–Crippen LogP) is 4.52. The Morgan fingerprint density at radius 2 is 2.00 bits per heavy atom. The molecule has 1 N–H and O–H groups in total. The lowest BCUT2D eigenvalue weighted by Gasteiger charge is -2.23. The molecular formula is C14H17Br2NO. The van der Waals surface area contributed by atoms with Gasteiger partial charge >= 0.3 is 0 Å². The number of nitrogens with one attached hydrogen (secondary N) is 1. The van der Waals surface area contributed by atoms with Gasteiger partial charge in [-0.25, -0.2) is 0 Å². The highest BCUT2D eigenvalue weighted by molar-refractivity contribution is 9.11. The Labute approximate surface area is 125 Å². The van der Waals surface area contributed by atoms with Crippen molar-refractivity contribution in [3.05, 3.63) is 32.7 Å². The number of rotatable bonds is 3. The Morgan fingerprint density at radius 1 is 1.33 bits per heavy atom. The van der Waals surface area contributed by atoms with E-state index in [4.69, 9.17) is 0 Å². The van der Waals surface area contributed by atoms with E-state index < -0.39 is 0 Å². The van der Waals surface area contributed by atoms with Crippen LogP contribution in [0.2, 0.25) is 0 Å². The van der Waals surface area contributed by atoms with Gasteiger partial charge in [-0.05, 0) is 52.4 Å². The van der Waals surface area contributed by atoms with Crippen molar-refractivity contribution in [3.63, 3.8) is 0 Å². The first-order chi connectivity index (χ1) is 8.50. The minimum absolute atomic E-state index is 0.00231. The molecule has 0 radical (unpaired) electrons. The van der Waals surface area contributed by atoms with Crippen molar-refractivity contribution in [1.82, 2.24) is 5.32 Å². The van der Waals surface area contributed by atoms with Gasteiger partial charge in [-0.2, -0.15) is 0 Å². The van der Waals surface area contributed by atoms with Crippen LogP contribution >= 0.6 is 31.9 Å². The van der Waals surface area contributed by atoms with E-state index in [-0.39, 0.29) is 11.3 Å². The van der Waals surface area contributed by atoms with Crippen LogP contribution in [0.1, 0.15) is 43.0 Å². The average Bonchev–Trinajstić information content (AvgIpc) is 2.74. The van der Waals surface area contributed by atoms with Crippen molar-refractivity contribution in [1.29, 1.82) is 0 Å². The van der Waals surface area contributed by atoms with Gasteiger partial charge < -0.3 is 5.32 Å². The molecule has 0 aliphatic heterocycles. The van der Waals surface area contributed by atoms with E-state index >= 15 is 0 Å². The third-order valence-electron chi connectivity index (χ3n) is 3.66. The summed E-state index contributed by atoms with van der Waals surface area (Å²) in [5, 5.41) is 3.06. The lowest BCUT2D eigenvalue weighted by atomic mass is 9.89. The van der Waals surface area contributed by atoms with Crippen LogP contribution in [0.15, 0.2) is 27.1 Å². The average molecular weight is 375 g/mol. The summed E-state index contributed by atoms with van der Waals surface area (Å²) in [7, 11) is 0. The van der Waals surface area contributed by atoms with Gasteiger partial charge in [0.2, 0.25) is 0 Å². The van der Waals surface area contributed by atoms with Gasteiger partial charge in [-0.15, -0.1) is 0 Å². The van der Waals surface area contributed by atoms with Gasteiger partial charge in [0, 0.05) is 15.5 Å². The summed E-state index contributed by atoms with van der Waals surface area (Å²) in [6.07, 6.45) is 5.01. The molecule has 2 nitrogen and oxygen atoms in total. The molecule has 1 fully saturated rings. The summed E-state index contributed by atoms with van der Waals surface area (Å²) in [4.78, 5) is 12.1. The van der Waals surface area contributed by atoms with Gasteiger partial charge in [0.25, 0.3) is 5.91 Å². The molecule has 2 rings (SSSR count). The van der Waals surface area contributed by atoms with Crippen molar-refractivity contribution in [2.45, 2.75) is 32.6 Å². The summed E-state index contributed by atoms with van der Waals surface area (Å²) >= 11 is 6.81. The first-order valence-corrected chi connectivity index (χ1v) is 7.82. The molecule has 0 heterocycles. The fourth-order valence-electron chi connectivity index (χ4n) is 2.47. The molecule has 1 amide bonds. The van der Waals surface area contributed by atoms with Crippen molar-refractivity contribution >= 4 is 37.8 Å². The molecule has 1 saturated carbocycles. The maximum absolute atomic E-state index is 12.1. The standard InChI is InChI=1S/C14H17Br2NO/c1-14(6-2-3-7-14)9-17-13(18)11-5-4-10(15)8-12(11)16/h4-5,8H,2-3,6-7,9H2,1H3,(H,17,18). The Balaban J connectivity index is 1.99. The van der Waals surface area contributed by atoms with Gasteiger partial charge in [-0.3, -0.25) is 4.79 Å². The minimum Gasteiger partial charge on any atom is -0.351 e. The molecule has 0 unspecified atom stereocenters. The summed E-state index contributed by atoms with van der Waals surface area (Å²) < 4.78 is 1.79. The molecule has 0 bridgehead atoms. The van der Waals surface area contributed by atoms with Gasteiger partial charge in [0.05, 0.1) is 5.56 Å². The third kappa shape index (κ3) is 3.35. The van der Waals surface area contributed by atoms with Gasteiger partial charge in [-0.1, -0.05) is 35.7 Å². The smallest absolute Gasteiger partial charge is 0.252 e. The molecule has 1 aliphatic carbocycles. The van der Waals surface area contributed by atoms with Crippen molar-refractivity contribution in [3.8, 4) is 0 Å². The molecule has 0 aromatic heterocycles. The lowest BCUT2D eigenvalue weighted by molar-refractivity contribution is 0.0933. The topological polar surface area (TPSA) is 29.1 Å². The fraction of sp³-hybridized carbons (Fsp3) is 0.500. The number of benzene rings is 1. The van der Waals surface area contributed by atoms with E-state index in [1.165, 1.54) is 25.7 Å². The first kappa shape index (κ1) is 14.1. The summed E-state index contributed by atoms with van der Waals surface area (Å²) in [5.74, 6) is 0.00231. The molecule has 98 valence electrons. The monoisotopic (exact) mass is 373 g/mol. The van der Waals surface area contributed by atoms with Crippen LogP contribution in [0.4, 0.5) is 0 Å². The molecule has 1 aliphatic rings. The zero-order valence-electron chi connectivity index (χ0n) is 10.4. The molecule has 0 saturated heterocycles. The second-order valence-corrected chi connectivity index (χ2v) is 7.09. The van der Waals surface area contributed by atoms with Crippen LogP contribution in [-0.2, 0) is 0 Å². The van der Waals surface area contributed by atoms with Crippen LogP contribution in [0, 0.1) is 5.41 Å². The molecule has 18 heavy (non-hydrogen) atoms. The minimum atomic E-state index is 0.00231. The highest BCUT2D eigenvalue weighted by Gasteiger charge is 2.29. The van der Waals surface area contributed by atoms with E-state index in [1.807, 2.05) is 18.2 Å². The maximum Gasteiger partial charge on any atom is 0.252 e.